The first-order valence-corrected chi connectivity index (χ1v) is 4.76. The van der Waals surface area contributed by atoms with Crippen molar-refractivity contribution in [2.24, 2.45) is 0 Å². The lowest BCUT2D eigenvalue weighted by atomic mass is 10.1. The molecular formula is C10H12ClNO2. The minimum Gasteiger partial charge on any atom is -0.410 e. The lowest BCUT2D eigenvalue weighted by molar-refractivity contribution is 0.202. The molecule has 0 bridgehead atoms. The summed E-state index contributed by atoms with van der Waals surface area (Å²) >= 11 is 5.72. The van der Waals surface area contributed by atoms with E-state index in [0.717, 1.165) is 11.1 Å². The predicted molar refractivity (Wildman–Crippen MR) is 55.8 cm³/mol. The van der Waals surface area contributed by atoms with Crippen LogP contribution in [0.3, 0.4) is 0 Å². The van der Waals surface area contributed by atoms with Crippen LogP contribution in [0, 0.1) is 6.92 Å². The molecule has 0 radical (unpaired) electrons. The van der Waals surface area contributed by atoms with Gasteiger partial charge in [-0.25, -0.2) is 4.79 Å². The number of hydrogen-bond donors (Lipinski definition) is 1. The third-order valence-electron chi connectivity index (χ3n) is 1.95. The van der Waals surface area contributed by atoms with Crippen LogP contribution in [0.1, 0.15) is 11.1 Å². The molecule has 0 spiro atoms. The average Bonchev–Trinajstić information content (AvgIpc) is 2.21. The molecule has 0 aliphatic heterocycles. The molecule has 4 heteroatoms. The van der Waals surface area contributed by atoms with Gasteiger partial charge in [-0.05, 0) is 24.1 Å². The van der Waals surface area contributed by atoms with Crippen LogP contribution in [0.5, 0.6) is 5.75 Å². The second-order valence-electron chi connectivity index (χ2n) is 2.81. The maximum Gasteiger partial charge on any atom is 0.412 e. The smallest absolute Gasteiger partial charge is 0.410 e. The molecule has 0 saturated carbocycles. The Bertz CT molecular complexity index is 339. The third-order valence-corrected chi connectivity index (χ3v) is 2.23. The van der Waals surface area contributed by atoms with E-state index in [1.54, 1.807) is 6.07 Å². The molecule has 1 amide bonds. The van der Waals surface area contributed by atoms with Gasteiger partial charge in [0.15, 0.2) is 0 Å². The largest absolute Gasteiger partial charge is 0.412 e. The van der Waals surface area contributed by atoms with Crippen molar-refractivity contribution in [1.82, 2.24) is 5.32 Å². The highest BCUT2D eigenvalue weighted by Crippen LogP contribution is 2.22. The van der Waals surface area contributed by atoms with Gasteiger partial charge in [0.2, 0.25) is 0 Å². The van der Waals surface area contributed by atoms with Crippen molar-refractivity contribution in [1.29, 1.82) is 0 Å². The lowest BCUT2D eigenvalue weighted by Crippen LogP contribution is -2.22. The Morgan fingerprint density at radius 1 is 1.57 bits per heavy atom. The van der Waals surface area contributed by atoms with E-state index in [0.29, 0.717) is 11.6 Å². The van der Waals surface area contributed by atoms with Crippen molar-refractivity contribution >= 4 is 17.7 Å². The van der Waals surface area contributed by atoms with Gasteiger partial charge in [-0.15, -0.1) is 11.6 Å². The molecular weight excluding hydrogens is 202 g/mol. The van der Waals surface area contributed by atoms with Gasteiger partial charge in [-0.1, -0.05) is 12.1 Å². The molecule has 1 N–H and O–H groups in total. The number of alkyl halides is 1. The summed E-state index contributed by atoms with van der Waals surface area (Å²) in [4.78, 5) is 11.0. The maximum absolute atomic E-state index is 11.0. The highest BCUT2D eigenvalue weighted by Gasteiger charge is 2.07. The number of nitrogens with one attached hydrogen (secondary N) is 1. The number of carbonyl (C=O) groups excluding carboxylic acids is 1. The van der Waals surface area contributed by atoms with Gasteiger partial charge in [0, 0.05) is 12.9 Å². The van der Waals surface area contributed by atoms with E-state index in [4.69, 9.17) is 16.3 Å². The Balaban J connectivity index is 2.92. The summed E-state index contributed by atoms with van der Waals surface area (Å²) in [6.45, 7) is 1.87. The van der Waals surface area contributed by atoms with E-state index >= 15 is 0 Å². The molecule has 1 aromatic carbocycles. The van der Waals surface area contributed by atoms with Crippen LogP contribution in [0.15, 0.2) is 18.2 Å². The average molecular weight is 214 g/mol. The van der Waals surface area contributed by atoms with Crippen molar-refractivity contribution in [3.8, 4) is 5.75 Å². The zero-order valence-electron chi connectivity index (χ0n) is 8.13. The fraction of sp³-hybridized carbons (Fsp3) is 0.300. The molecule has 1 rings (SSSR count). The zero-order valence-corrected chi connectivity index (χ0v) is 8.89. The molecule has 76 valence electrons. The van der Waals surface area contributed by atoms with E-state index < -0.39 is 6.09 Å². The van der Waals surface area contributed by atoms with E-state index in [2.05, 4.69) is 5.32 Å². The molecule has 0 unspecified atom stereocenters. The minimum absolute atomic E-state index is 0.413. The van der Waals surface area contributed by atoms with Crippen LogP contribution in [0.2, 0.25) is 0 Å². The number of carbonyl (C=O) groups is 1. The van der Waals surface area contributed by atoms with Gasteiger partial charge in [-0.3, -0.25) is 0 Å². The van der Waals surface area contributed by atoms with Crippen molar-refractivity contribution in [3.05, 3.63) is 29.3 Å². The van der Waals surface area contributed by atoms with Crippen LogP contribution >= 0.6 is 11.6 Å². The Morgan fingerprint density at radius 2 is 2.29 bits per heavy atom. The molecule has 0 aliphatic carbocycles. The third kappa shape index (κ3) is 2.39. The second kappa shape index (κ2) is 4.86. The Labute approximate surface area is 88.0 Å². The predicted octanol–water partition coefficient (Wildman–Crippen LogP) is 2.45. The SMILES string of the molecule is CNC(=O)Oc1cccc(CCl)c1C. The van der Waals surface area contributed by atoms with Gasteiger partial charge in [0.1, 0.15) is 5.75 Å². The molecule has 14 heavy (non-hydrogen) atoms. The molecule has 0 aliphatic rings. The second-order valence-corrected chi connectivity index (χ2v) is 3.08. The maximum atomic E-state index is 11.0. The van der Waals surface area contributed by atoms with Gasteiger partial charge in [0.05, 0.1) is 0 Å². The van der Waals surface area contributed by atoms with Crippen LogP contribution in [0.4, 0.5) is 4.79 Å². The minimum atomic E-state index is -0.472. The molecule has 0 aromatic heterocycles. The summed E-state index contributed by atoms with van der Waals surface area (Å²) in [5, 5.41) is 2.38. The molecule has 0 saturated heterocycles. The van der Waals surface area contributed by atoms with Crippen molar-refractivity contribution in [2.45, 2.75) is 12.8 Å². The van der Waals surface area contributed by atoms with Crippen molar-refractivity contribution in [3.63, 3.8) is 0 Å². The Kier molecular flexibility index (Phi) is 3.77. The van der Waals surface area contributed by atoms with Crippen LogP contribution in [-0.4, -0.2) is 13.1 Å². The van der Waals surface area contributed by atoms with E-state index in [-0.39, 0.29) is 0 Å². The van der Waals surface area contributed by atoms with Gasteiger partial charge in [0.25, 0.3) is 0 Å². The number of ether oxygens (including phenoxy) is 1. The summed E-state index contributed by atoms with van der Waals surface area (Å²) in [5.74, 6) is 0.957. The molecule has 1 aromatic rings. The number of rotatable bonds is 2. The topological polar surface area (TPSA) is 38.3 Å². The molecule has 0 heterocycles. The lowest BCUT2D eigenvalue weighted by Gasteiger charge is -2.09. The highest BCUT2D eigenvalue weighted by atomic mass is 35.5. The first-order valence-electron chi connectivity index (χ1n) is 4.23. The monoisotopic (exact) mass is 213 g/mol. The van der Waals surface area contributed by atoms with Crippen molar-refractivity contribution < 1.29 is 9.53 Å². The van der Waals surface area contributed by atoms with Crippen LogP contribution in [-0.2, 0) is 5.88 Å². The Morgan fingerprint density at radius 3 is 2.86 bits per heavy atom. The van der Waals surface area contributed by atoms with Gasteiger partial charge < -0.3 is 10.1 Å². The summed E-state index contributed by atoms with van der Waals surface area (Å²) in [5.41, 5.74) is 1.86. The van der Waals surface area contributed by atoms with Crippen LogP contribution in [0.25, 0.3) is 0 Å². The number of benzene rings is 1. The zero-order chi connectivity index (χ0) is 10.6. The highest BCUT2D eigenvalue weighted by molar-refractivity contribution is 6.17. The number of hydrogen-bond acceptors (Lipinski definition) is 2. The van der Waals surface area contributed by atoms with Crippen molar-refractivity contribution in [2.75, 3.05) is 7.05 Å². The molecule has 0 fully saturated rings. The van der Waals surface area contributed by atoms with E-state index in [9.17, 15) is 4.79 Å². The van der Waals surface area contributed by atoms with Gasteiger partial charge >= 0.3 is 6.09 Å². The fourth-order valence-electron chi connectivity index (χ4n) is 1.07. The summed E-state index contributed by atoms with van der Waals surface area (Å²) in [7, 11) is 1.52. The fourth-order valence-corrected chi connectivity index (χ4v) is 1.36. The van der Waals surface area contributed by atoms with E-state index in [1.807, 2.05) is 19.1 Å². The number of amides is 1. The van der Waals surface area contributed by atoms with Gasteiger partial charge in [-0.2, -0.15) is 0 Å². The first kappa shape index (κ1) is 10.9. The summed E-state index contributed by atoms with van der Waals surface area (Å²) < 4.78 is 5.03. The van der Waals surface area contributed by atoms with E-state index in [1.165, 1.54) is 7.05 Å². The molecule has 3 nitrogen and oxygen atoms in total. The number of halogens is 1. The Hall–Kier alpha value is -1.22. The summed E-state index contributed by atoms with van der Waals surface area (Å²) in [6.07, 6.45) is -0.472. The normalized spacial score (nSPS) is 9.64. The molecule has 0 atom stereocenters. The first-order chi connectivity index (χ1) is 6.69. The summed E-state index contributed by atoms with van der Waals surface area (Å²) in [6, 6.07) is 5.45. The quantitative estimate of drug-likeness (QED) is 0.767. The standard InChI is InChI=1S/C10H12ClNO2/c1-7-8(6-11)4-3-5-9(7)14-10(13)12-2/h3-5H,6H2,1-2H3,(H,12,13). The van der Waals surface area contributed by atoms with Crippen LogP contribution < -0.4 is 10.1 Å².